The van der Waals surface area contributed by atoms with Crippen molar-refractivity contribution in [1.82, 2.24) is 0 Å². The number of rotatable bonds is 12. The highest BCUT2D eigenvalue weighted by molar-refractivity contribution is 8.03. The lowest BCUT2D eigenvalue weighted by Gasteiger charge is -2.37. The topological polar surface area (TPSA) is 20.2 Å². The lowest BCUT2D eigenvalue weighted by molar-refractivity contribution is 0.133. The van der Waals surface area contributed by atoms with Crippen LogP contribution in [0.15, 0.2) is 42.5 Å². The zero-order valence-electron chi connectivity index (χ0n) is 19.1. The summed E-state index contributed by atoms with van der Waals surface area (Å²) in [4.78, 5) is 0. The van der Waals surface area contributed by atoms with Crippen LogP contribution in [0.5, 0.6) is 0 Å². The Labute approximate surface area is 192 Å². The Hall–Kier alpha value is -1.08. The number of fused-ring (bicyclic) bond motifs is 1. The lowest BCUT2D eigenvalue weighted by Crippen LogP contribution is -2.38. The first-order chi connectivity index (χ1) is 14.6. The zero-order chi connectivity index (χ0) is 21.8. The maximum atomic E-state index is 11.8. The van der Waals surface area contributed by atoms with E-state index in [2.05, 4.69) is 82.0 Å². The molecule has 0 spiro atoms. The van der Waals surface area contributed by atoms with Crippen LogP contribution in [0, 0.1) is 17.8 Å². The molecule has 0 fully saturated rings. The fourth-order valence-corrected chi connectivity index (χ4v) is 6.22. The van der Waals surface area contributed by atoms with Gasteiger partial charge in [-0.25, -0.2) is 0 Å². The normalized spacial score (nSPS) is 14.3. The molecule has 0 heterocycles. The van der Waals surface area contributed by atoms with E-state index in [0.29, 0.717) is 0 Å². The smallest absolute Gasteiger partial charge is 0.109 e. The number of benzene rings is 2. The van der Waals surface area contributed by atoms with Gasteiger partial charge >= 0.3 is 0 Å². The summed E-state index contributed by atoms with van der Waals surface area (Å²) >= 11 is 3.88. The molecule has 0 aliphatic heterocycles. The third-order valence-electron chi connectivity index (χ3n) is 5.53. The lowest BCUT2D eigenvalue weighted by atomic mass is 9.84. The summed E-state index contributed by atoms with van der Waals surface area (Å²) in [5.74, 6) is 10.6. The summed E-state index contributed by atoms with van der Waals surface area (Å²) in [6.07, 6.45) is 5.07. The molecule has 0 aromatic heterocycles. The van der Waals surface area contributed by atoms with Gasteiger partial charge in [0.25, 0.3) is 0 Å². The Morgan fingerprint density at radius 1 is 0.933 bits per heavy atom. The second kappa shape index (κ2) is 13.4. The Kier molecular flexibility index (Phi) is 11.2. The van der Waals surface area contributed by atoms with Crippen molar-refractivity contribution in [3.05, 3.63) is 48.0 Å². The van der Waals surface area contributed by atoms with Gasteiger partial charge in [0.1, 0.15) is 10.9 Å². The maximum absolute atomic E-state index is 11.8. The van der Waals surface area contributed by atoms with Crippen LogP contribution in [0.3, 0.4) is 0 Å². The summed E-state index contributed by atoms with van der Waals surface area (Å²) in [5, 5.41) is 14.1. The molecule has 0 aliphatic rings. The summed E-state index contributed by atoms with van der Waals surface area (Å²) in [6.45, 7) is 8.86. The average molecular weight is 443 g/mol. The van der Waals surface area contributed by atoms with E-state index in [1.807, 2.05) is 23.5 Å². The molecule has 2 aromatic carbocycles. The molecule has 2 unspecified atom stereocenters. The van der Waals surface area contributed by atoms with Crippen molar-refractivity contribution in [3.8, 4) is 11.8 Å². The van der Waals surface area contributed by atoms with Gasteiger partial charge in [-0.2, -0.15) is 11.8 Å². The second-order valence-electron chi connectivity index (χ2n) is 8.14. The molecule has 0 radical (unpaired) electrons. The van der Waals surface area contributed by atoms with Crippen LogP contribution >= 0.6 is 23.5 Å². The first-order valence-corrected chi connectivity index (χ1v) is 13.6. The first-order valence-electron chi connectivity index (χ1n) is 11.4. The van der Waals surface area contributed by atoms with Gasteiger partial charge in [0.05, 0.1) is 0 Å². The molecule has 0 saturated carbocycles. The first kappa shape index (κ1) is 25.2. The van der Waals surface area contributed by atoms with Crippen molar-refractivity contribution < 1.29 is 5.11 Å². The van der Waals surface area contributed by atoms with Gasteiger partial charge in [0.2, 0.25) is 0 Å². The minimum atomic E-state index is -0.622. The van der Waals surface area contributed by atoms with E-state index in [0.717, 1.165) is 41.7 Å². The monoisotopic (exact) mass is 442 g/mol. The van der Waals surface area contributed by atoms with Crippen LogP contribution in [0.25, 0.3) is 10.8 Å². The zero-order valence-corrected chi connectivity index (χ0v) is 20.7. The van der Waals surface area contributed by atoms with Crippen LogP contribution < -0.4 is 0 Å². The van der Waals surface area contributed by atoms with Gasteiger partial charge in [-0.1, -0.05) is 88.9 Å². The van der Waals surface area contributed by atoms with E-state index in [1.54, 1.807) is 0 Å². The van der Waals surface area contributed by atoms with Crippen LogP contribution in [0.4, 0.5) is 0 Å². The molecule has 0 saturated heterocycles. The number of aliphatic hydroxyl groups excluding tert-OH is 1. The summed E-state index contributed by atoms with van der Waals surface area (Å²) < 4.78 is -0.497. The summed E-state index contributed by atoms with van der Waals surface area (Å²) in [7, 11) is 0. The number of unbranched alkanes of at least 4 members (excludes halogenated alkanes) is 3. The van der Waals surface area contributed by atoms with E-state index in [4.69, 9.17) is 0 Å². The Morgan fingerprint density at radius 2 is 1.67 bits per heavy atom. The molecule has 1 N–H and O–H groups in total. The predicted octanol–water partition coefficient (Wildman–Crippen LogP) is 7.73. The number of hydrogen-bond donors (Lipinski definition) is 1. The number of thioether (sulfide) groups is 2. The predicted molar refractivity (Wildman–Crippen MR) is 138 cm³/mol. The Bertz CT molecular complexity index is 815. The van der Waals surface area contributed by atoms with E-state index in [-0.39, 0.29) is 5.92 Å². The van der Waals surface area contributed by atoms with Gasteiger partial charge in [0, 0.05) is 17.9 Å². The van der Waals surface area contributed by atoms with Gasteiger partial charge in [-0.15, -0.1) is 17.7 Å². The molecular formula is C27H38OS2. The summed E-state index contributed by atoms with van der Waals surface area (Å²) in [5.41, 5.74) is 0.998. The van der Waals surface area contributed by atoms with Crippen molar-refractivity contribution in [2.24, 2.45) is 5.92 Å². The fourth-order valence-electron chi connectivity index (χ4n) is 3.61. The van der Waals surface area contributed by atoms with Crippen LogP contribution in [-0.2, 0) is 0 Å². The van der Waals surface area contributed by atoms with Crippen molar-refractivity contribution >= 4 is 34.3 Å². The highest BCUT2D eigenvalue weighted by Gasteiger charge is 2.41. The van der Waals surface area contributed by atoms with E-state index < -0.39 is 10.9 Å². The molecular weight excluding hydrogens is 404 g/mol. The maximum Gasteiger partial charge on any atom is 0.109 e. The average Bonchev–Trinajstić information content (AvgIpc) is 2.76. The minimum Gasteiger partial charge on any atom is -0.386 e. The molecule has 0 aliphatic carbocycles. The molecule has 0 bridgehead atoms. The van der Waals surface area contributed by atoms with Gasteiger partial charge < -0.3 is 5.11 Å². The van der Waals surface area contributed by atoms with Crippen molar-refractivity contribution in [1.29, 1.82) is 0 Å². The van der Waals surface area contributed by atoms with Gasteiger partial charge in [0.15, 0.2) is 0 Å². The summed E-state index contributed by atoms with van der Waals surface area (Å²) in [6, 6.07) is 14.6. The molecule has 2 aromatic rings. The Morgan fingerprint density at radius 3 is 2.40 bits per heavy atom. The van der Waals surface area contributed by atoms with Crippen LogP contribution in [-0.4, -0.2) is 27.1 Å². The molecule has 2 atom stereocenters. The van der Waals surface area contributed by atoms with Gasteiger partial charge in [-0.3, -0.25) is 0 Å². The van der Waals surface area contributed by atoms with Gasteiger partial charge in [-0.05, 0) is 40.8 Å². The number of hydrogen-bond acceptors (Lipinski definition) is 3. The van der Waals surface area contributed by atoms with E-state index in [9.17, 15) is 5.11 Å². The fraction of sp³-hybridized carbons (Fsp3) is 0.556. The Balaban J connectivity index is 2.34. The van der Waals surface area contributed by atoms with Crippen molar-refractivity contribution in [2.75, 3.05) is 17.3 Å². The van der Waals surface area contributed by atoms with Crippen LogP contribution in [0.2, 0.25) is 0 Å². The third-order valence-corrected chi connectivity index (χ3v) is 8.54. The molecule has 30 heavy (non-hydrogen) atoms. The number of aliphatic hydroxyl groups is 1. The standard InChI is InChI=1S/C27H38OS2/c1-5-7-9-12-18-27(22(3)4,30-21-20-29-19-8-6-2)26(28)25-17-13-15-23-14-10-11-16-24(23)25/h10-11,13-17,22,26,28H,5-9,19-21H2,1-4H3. The SMILES string of the molecule is CCCCC#CC(SCCSCCCC)(C(C)C)C(O)c1cccc2ccccc12. The highest BCUT2D eigenvalue weighted by Crippen LogP contribution is 2.45. The van der Waals surface area contributed by atoms with E-state index in [1.165, 1.54) is 24.0 Å². The third kappa shape index (κ3) is 6.71. The molecule has 3 heteroatoms. The quantitative estimate of drug-likeness (QED) is 0.268. The largest absolute Gasteiger partial charge is 0.386 e. The molecule has 0 amide bonds. The second-order valence-corrected chi connectivity index (χ2v) is 10.7. The molecule has 164 valence electrons. The van der Waals surface area contributed by atoms with Crippen molar-refractivity contribution in [3.63, 3.8) is 0 Å². The van der Waals surface area contributed by atoms with Crippen LogP contribution in [0.1, 0.15) is 71.5 Å². The molecule has 1 nitrogen and oxygen atoms in total. The molecule has 2 rings (SSSR count). The minimum absolute atomic E-state index is 0.242. The highest BCUT2D eigenvalue weighted by atomic mass is 32.2. The van der Waals surface area contributed by atoms with E-state index >= 15 is 0 Å². The van der Waals surface area contributed by atoms with Crippen molar-refractivity contribution in [2.45, 2.75) is 70.7 Å².